The summed E-state index contributed by atoms with van der Waals surface area (Å²) in [4.78, 5) is 18.7. The van der Waals surface area contributed by atoms with Crippen LogP contribution in [0.2, 0.25) is 0 Å². The zero-order chi connectivity index (χ0) is 19.5. The Balaban J connectivity index is 1.53. The number of hydrogen-bond acceptors (Lipinski definition) is 5. The predicted molar refractivity (Wildman–Crippen MR) is 106 cm³/mol. The number of hydrogen-bond donors (Lipinski definition) is 1. The summed E-state index contributed by atoms with van der Waals surface area (Å²) in [5, 5.41) is 10.7. The number of rotatable bonds is 4. The Morgan fingerprint density at radius 3 is 2.79 bits per heavy atom. The highest BCUT2D eigenvalue weighted by Crippen LogP contribution is 2.28. The van der Waals surface area contributed by atoms with Crippen molar-refractivity contribution in [3.8, 4) is 22.8 Å². The molecule has 3 aromatic rings. The van der Waals surface area contributed by atoms with Gasteiger partial charge in [-0.25, -0.2) is 4.98 Å². The van der Waals surface area contributed by atoms with Crippen molar-refractivity contribution in [2.24, 2.45) is 0 Å². The summed E-state index contributed by atoms with van der Waals surface area (Å²) in [7, 11) is 0. The van der Waals surface area contributed by atoms with Crippen LogP contribution in [0.25, 0.3) is 22.2 Å². The lowest BCUT2D eigenvalue weighted by atomic mass is 10.0. The van der Waals surface area contributed by atoms with Crippen LogP contribution in [0.15, 0.2) is 48.5 Å². The monoisotopic (exact) mass is 378 g/mol. The number of carbonyl (C=O) groups is 1. The van der Waals surface area contributed by atoms with Gasteiger partial charge < -0.3 is 19.5 Å². The van der Waals surface area contributed by atoms with Gasteiger partial charge in [0.2, 0.25) is 0 Å². The van der Waals surface area contributed by atoms with Crippen molar-refractivity contribution in [2.45, 2.75) is 6.92 Å². The van der Waals surface area contributed by atoms with Gasteiger partial charge >= 0.3 is 0 Å². The standard InChI is InChI=1S/C22H22N2O4/c1-15-11-21(16-3-2-4-17(25)12-16)23-20-6-5-18(13-19(15)20)28-14-22(26)24-7-9-27-10-8-24/h2-6,11-13,25H,7-10,14H2,1H3. The summed E-state index contributed by atoms with van der Waals surface area (Å²) in [6.07, 6.45) is 0. The van der Waals surface area contributed by atoms with Crippen molar-refractivity contribution >= 4 is 16.8 Å². The van der Waals surface area contributed by atoms with Gasteiger partial charge in [-0.3, -0.25) is 4.79 Å². The molecule has 6 nitrogen and oxygen atoms in total. The number of pyridine rings is 1. The number of aryl methyl sites for hydroxylation is 1. The molecule has 1 fully saturated rings. The number of aromatic nitrogens is 1. The van der Waals surface area contributed by atoms with Gasteiger partial charge in [0.05, 0.1) is 24.4 Å². The molecule has 28 heavy (non-hydrogen) atoms. The molecule has 1 aliphatic heterocycles. The molecule has 0 spiro atoms. The Labute approximate surface area is 163 Å². The molecule has 0 aliphatic carbocycles. The van der Waals surface area contributed by atoms with E-state index in [1.165, 1.54) is 0 Å². The van der Waals surface area contributed by atoms with Gasteiger partial charge in [0.1, 0.15) is 11.5 Å². The van der Waals surface area contributed by atoms with Crippen LogP contribution in [0, 0.1) is 6.92 Å². The first-order valence-electron chi connectivity index (χ1n) is 9.29. The molecule has 2 aromatic carbocycles. The molecule has 1 aliphatic rings. The third-order valence-corrected chi connectivity index (χ3v) is 4.86. The van der Waals surface area contributed by atoms with E-state index in [0.29, 0.717) is 32.1 Å². The molecular formula is C22H22N2O4. The highest BCUT2D eigenvalue weighted by molar-refractivity contribution is 5.86. The zero-order valence-corrected chi connectivity index (χ0v) is 15.7. The molecule has 0 saturated carbocycles. The van der Waals surface area contributed by atoms with E-state index in [-0.39, 0.29) is 18.3 Å². The fourth-order valence-electron chi connectivity index (χ4n) is 3.33. The summed E-state index contributed by atoms with van der Waals surface area (Å²) in [5.74, 6) is 0.826. The summed E-state index contributed by atoms with van der Waals surface area (Å²) in [6.45, 7) is 4.40. The molecule has 1 saturated heterocycles. The second-order valence-corrected chi connectivity index (χ2v) is 6.84. The molecule has 2 heterocycles. The maximum atomic E-state index is 12.2. The van der Waals surface area contributed by atoms with Gasteiger partial charge in [-0.15, -0.1) is 0 Å². The minimum atomic E-state index is -0.0301. The largest absolute Gasteiger partial charge is 0.508 e. The van der Waals surface area contributed by atoms with E-state index in [2.05, 4.69) is 0 Å². The third kappa shape index (κ3) is 3.92. The second-order valence-electron chi connectivity index (χ2n) is 6.84. The Hall–Kier alpha value is -3.12. The fourth-order valence-corrected chi connectivity index (χ4v) is 3.33. The Morgan fingerprint density at radius 1 is 1.18 bits per heavy atom. The lowest BCUT2D eigenvalue weighted by molar-refractivity contribution is -0.137. The number of carbonyl (C=O) groups excluding carboxylic acids is 1. The average Bonchev–Trinajstić information content (AvgIpc) is 2.72. The Bertz CT molecular complexity index is 1010. The van der Waals surface area contributed by atoms with Crippen molar-refractivity contribution in [2.75, 3.05) is 32.9 Å². The van der Waals surface area contributed by atoms with Gasteiger partial charge in [-0.1, -0.05) is 12.1 Å². The number of aromatic hydroxyl groups is 1. The molecular weight excluding hydrogens is 356 g/mol. The molecule has 1 N–H and O–H groups in total. The van der Waals surface area contributed by atoms with Crippen LogP contribution in [-0.4, -0.2) is 53.8 Å². The van der Waals surface area contributed by atoms with E-state index in [1.54, 1.807) is 23.1 Å². The predicted octanol–water partition coefficient (Wildman–Crippen LogP) is 3.15. The first-order valence-corrected chi connectivity index (χ1v) is 9.29. The van der Waals surface area contributed by atoms with Crippen LogP contribution in [0.4, 0.5) is 0 Å². The summed E-state index contributed by atoms with van der Waals surface area (Å²) < 4.78 is 11.0. The van der Waals surface area contributed by atoms with E-state index in [1.807, 2.05) is 37.3 Å². The first kappa shape index (κ1) is 18.3. The number of ether oxygens (including phenoxy) is 2. The minimum absolute atomic E-state index is 0.0133. The van der Waals surface area contributed by atoms with Crippen molar-refractivity contribution in [1.82, 2.24) is 9.88 Å². The average molecular weight is 378 g/mol. The fraction of sp³-hybridized carbons (Fsp3) is 0.273. The van der Waals surface area contributed by atoms with E-state index in [4.69, 9.17) is 14.5 Å². The summed E-state index contributed by atoms with van der Waals surface area (Å²) in [5.41, 5.74) is 3.55. The number of nitrogens with zero attached hydrogens (tertiary/aromatic N) is 2. The number of phenolic OH excluding ortho intramolecular Hbond substituents is 1. The van der Waals surface area contributed by atoms with Gasteiger partial charge in [0.25, 0.3) is 5.91 Å². The van der Waals surface area contributed by atoms with Crippen molar-refractivity contribution in [3.05, 3.63) is 54.1 Å². The molecule has 0 radical (unpaired) electrons. The number of benzene rings is 2. The first-order chi connectivity index (χ1) is 13.6. The molecule has 4 rings (SSSR count). The minimum Gasteiger partial charge on any atom is -0.508 e. The van der Waals surface area contributed by atoms with Crippen molar-refractivity contribution < 1.29 is 19.4 Å². The van der Waals surface area contributed by atoms with E-state index >= 15 is 0 Å². The third-order valence-electron chi connectivity index (χ3n) is 4.86. The number of morpholine rings is 1. The Kier molecular flexibility index (Phi) is 5.12. The number of amides is 1. The molecule has 0 unspecified atom stereocenters. The van der Waals surface area contributed by atoms with E-state index < -0.39 is 0 Å². The van der Waals surface area contributed by atoms with Crippen molar-refractivity contribution in [1.29, 1.82) is 0 Å². The lowest BCUT2D eigenvalue weighted by Crippen LogP contribution is -2.42. The molecule has 144 valence electrons. The van der Waals surface area contributed by atoms with Gasteiger partial charge in [0, 0.05) is 24.0 Å². The van der Waals surface area contributed by atoms with E-state index in [0.717, 1.165) is 27.7 Å². The van der Waals surface area contributed by atoms with Crippen LogP contribution in [0.5, 0.6) is 11.5 Å². The Morgan fingerprint density at radius 2 is 2.00 bits per heavy atom. The molecule has 1 aromatic heterocycles. The SMILES string of the molecule is Cc1cc(-c2cccc(O)c2)nc2ccc(OCC(=O)N3CCOCC3)cc12. The van der Waals surface area contributed by atoms with Gasteiger partial charge in [-0.05, 0) is 48.9 Å². The summed E-state index contributed by atoms with van der Waals surface area (Å²) in [6, 6.07) is 14.7. The molecule has 6 heteroatoms. The maximum Gasteiger partial charge on any atom is 0.260 e. The van der Waals surface area contributed by atoms with Crippen LogP contribution in [0.1, 0.15) is 5.56 Å². The summed E-state index contributed by atoms with van der Waals surface area (Å²) >= 11 is 0. The van der Waals surface area contributed by atoms with Crippen LogP contribution < -0.4 is 4.74 Å². The highest BCUT2D eigenvalue weighted by Gasteiger charge is 2.17. The maximum absolute atomic E-state index is 12.2. The zero-order valence-electron chi connectivity index (χ0n) is 15.7. The van der Waals surface area contributed by atoms with E-state index in [9.17, 15) is 9.90 Å². The van der Waals surface area contributed by atoms with Crippen molar-refractivity contribution in [3.63, 3.8) is 0 Å². The highest BCUT2D eigenvalue weighted by atomic mass is 16.5. The van der Waals surface area contributed by atoms with Gasteiger partial charge in [-0.2, -0.15) is 0 Å². The topological polar surface area (TPSA) is 71.9 Å². The van der Waals surface area contributed by atoms with Crippen LogP contribution in [0.3, 0.4) is 0 Å². The number of phenols is 1. The molecule has 1 amide bonds. The smallest absolute Gasteiger partial charge is 0.260 e. The lowest BCUT2D eigenvalue weighted by Gasteiger charge is -2.26. The van der Waals surface area contributed by atoms with Crippen LogP contribution in [-0.2, 0) is 9.53 Å². The second kappa shape index (κ2) is 7.86. The molecule has 0 bridgehead atoms. The quantitative estimate of drug-likeness (QED) is 0.755. The van der Waals surface area contributed by atoms with Gasteiger partial charge in [0.15, 0.2) is 6.61 Å². The number of fused-ring (bicyclic) bond motifs is 1. The molecule has 0 atom stereocenters. The normalized spacial score (nSPS) is 14.2. The van der Waals surface area contributed by atoms with Crippen LogP contribution >= 0.6 is 0 Å².